The van der Waals surface area contributed by atoms with Crippen molar-refractivity contribution >= 4 is 27.8 Å². The van der Waals surface area contributed by atoms with E-state index >= 15 is 0 Å². The predicted octanol–water partition coefficient (Wildman–Crippen LogP) is 2.79. The van der Waals surface area contributed by atoms with E-state index in [2.05, 4.69) is 10.5 Å². The minimum absolute atomic E-state index is 0.0855. The molecule has 0 atom stereocenters. The van der Waals surface area contributed by atoms with Gasteiger partial charge in [0.05, 0.1) is 38.1 Å². The maximum Gasteiger partial charge on any atom is 0.264 e. The topological polar surface area (TPSA) is 125 Å². The summed E-state index contributed by atoms with van der Waals surface area (Å²) in [4.78, 5) is 12.7. The van der Waals surface area contributed by atoms with Crippen molar-refractivity contribution < 1.29 is 36.9 Å². The van der Waals surface area contributed by atoms with Crippen LogP contribution in [0, 0.1) is 0 Å². The Morgan fingerprint density at radius 3 is 2.38 bits per heavy atom. The number of carbonyl (C=O) groups is 1. The largest absolute Gasteiger partial charge is 0.497 e. The van der Waals surface area contributed by atoms with Crippen LogP contribution in [-0.4, -0.2) is 55.2 Å². The van der Waals surface area contributed by atoms with E-state index in [0.717, 1.165) is 4.31 Å². The zero-order valence-electron chi connectivity index (χ0n) is 20.3. The van der Waals surface area contributed by atoms with Crippen LogP contribution in [0.1, 0.15) is 5.56 Å². The summed E-state index contributed by atoms with van der Waals surface area (Å²) in [6.07, 6.45) is 1.42. The van der Waals surface area contributed by atoms with Gasteiger partial charge in [0, 0.05) is 6.07 Å². The Hall–Kier alpha value is -4.45. The second-order valence-electron chi connectivity index (χ2n) is 7.63. The van der Waals surface area contributed by atoms with Crippen LogP contribution in [0.5, 0.6) is 28.7 Å². The number of nitrogens with one attached hydrogen (secondary N) is 1. The minimum Gasteiger partial charge on any atom is -0.497 e. The fraction of sp³-hybridized carbons (Fsp3) is 0.200. The molecule has 4 rings (SSSR count). The van der Waals surface area contributed by atoms with Gasteiger partial charge in [-0.2, -0.15) is 5.10 Å². The third-order valence-corrected chi connectivity index (χ3v) is 7.16. The lowest BCUT2D eigenvalue weighted by Crippen LogP contribution is -2.39. The highest BCUT2D eigenvalue weighted by Gasteiger charge is 2.28. The van der Waals surface area contributed by atoms with Crippen molar-refractivity contribution in [3.05, 3.63) is 66.2 Å². The molecule has 1 heterocycles. The fourth-order valence-corrected chi connectivity index (χ4v) is 4.94. The molecule has 1 aliphatic rings. The van der Waals surface area contributed by atoms with Gasteiger partial charge in [-0.15, -0.1) is 0 Å². The van der Waals surface area contributed by atoms with E-state index in [1.165, 1.54) is 45.7 Å². The van der Waals surface area contributed by atoms with Crippen LogP contribution in [0.25, 0.3) is 0 Å². The van der Waals surface area contributed by atoms with Crippen LogP contribution in [-0.2, 0) is 14.8 Å². The number of hydrogen-bond acceptors (Lipinski definition) is 9. The third kappa shape index (κ3) is 5.70. The summed E-state index contributed by atoms with van der Waals surface area (Å²) in [6, 6.07) is 15.7. The molecule has 0 saturated carbocycles. The number of hydrogen-bond donors (Lipinski definition) is 1. The molecule has 0 aliphatic carbocycles. The van der Waals surface area contributed by atoms with Gasteiger partial charge in [-0.05, 0) is 60.2 Å². The Bertz CT molecular complexity index is 1410. The van der Waals surface area contributed by atoms with Crippen molar-refractivity contribution in [1.82, 2.24) is 5.43 Å². The van der Waals surface area contributed by atoms with Gasteiger partial charge in [-0.25, -0.2) is 13.8 Å². The highest BCUT2D eigenvalue weighted by Crippen LogP contribution is 2.33. The smallest absolute Gasteiger partial charge is 0.264 e. The molecule has 0 radical (unpaired) electrons. The number of sulfonamides is 1. The first kappa shape index (κ1) is 25.6. The Labute approximate surface area is 214 Å². The normalized spacial score (nSPS) is 12.3. The monoisotopic (exact) mass is 527 g/mol. The highest BCUT2D eigenvalue weighted by molar-refractivity contribution is 7.92. The van der Waals surface area contributed by atoms with E-state index in [1.54, 1.807) is 42.5 Å². The van der Waals surface area contributed by atoms with Gasteiger partial charge in [0.25, 0.3) is 15.9 Å². The van der Waals surface area contributed by atoms with E-state index in [1.807, 2.05) is 0 Å². The van der Waals surface area contributed by atoms with Crippen LogP contribution in [0.4, 0.5) is 5.69 Å². The summed E-state index contributed by atoms with van der Waals surface area (Å²) in [5.74, 6) is 1.67. The van der Waals surface area contributed by atoms with E-state index in [9.17, 15) is 13.2 Å². The molecule has 1 N–H and O–H groups in total. The summed E-state index contributed by atoms with van der Waals surface area (Å²) >= 11 is 0. The van der Waals surface area contributed by atoms with E-state index in [-0.39, 0.29) is 23.1 Å². The number of benzene rings is 3. The van der Waals surface area contributed by atoms with Crippen molar-refractivity contribution in [2.24, 2.45) is 5.10 Å². The highest BCUT2D eigenvalue weighted by atomic mass is 32.2. The maximum absolute atomic E-state index is 13.6. The van der Waals surface area contributed by atoms with Gasteiger partial charge in [-0.1, -0.05) is 0 Å². The van der Waals surface area contributed by atoms with Gasteiger partial charge in [0.1, 0.15) is 12.3 Å². The molecule has 0 fully saturated rings. The summed E-state index contributed by atoms with van der Waals surface area (Å²) in [7, 11) is 0.155. The van der Waals surface area contributed by atoms with Crippen molar-refractivity contribution in [2.75, 3.05) is 39.0 Å². The quantitative estimate of drug-likeness (QED) is 0.315. The summed E-state index contributed by atoms with van der Waals surface area (Å²) in [6.45, 7) is -0.399. The second kappa shape index (κ2) is 11.1. The summed E-state index contributed by atoms with van der Waals surface area (Å²) in [5, 5.41) is 3.95. The lowest BCUT2D eigenvalue weighted by Gasteiger charge is -2.24. The molecule has 11 nitrogen and oxygen atoms in total. The molecule has 0 spiro atoms. The number of anilines is 1. The molecule has 0 aromatic heterocycles. The molecule has 0 bridgehead atoms. The van der Waals surface area contributed by atoms with Gasteiger partial charge in [0.15, 0.2) is 23.0 Å². The van der Waals surface area contributed by atoms with Crippen LogP contribution >= 0.6 is 0 Å². The van der Waals surface area contributed by atoms with Crippen molar-refractivity contribution in [3.8, 4) is 28.7 Å². The summed E-state index contributed by atoms with van der Waals surface area (Å²) < 4.78 is 54.5. The second-order valence-corrected chi connectivity index (χ2v) is 9.49. The first-order valence-electron chi connectivity index (χ1n) is 11.0. The molecule has 1 aliphatic heterocycles. The molecule has 37 heavy (non-hydrogen) atoms. The molecule has 3 aromatic carbocycles. The standard InChI is InChI=1S/C25H25N3O8S/c1-32-19-7-5-18(6-8-19)28(37(30,31)20-9-11-21(33-2)23(13-20)34-3)15-25(29)27-26-14-17-4-10-22-24(12-17)36-16-35-22/h4-14H,15-16H2,1-3H3,(H,27,29)/b26-14-. The Morgan fingerprint density at radius 2 is 1.68 bits per heavy atom. The Kier molecular flexibility index (Phi) is 7.68. The number of nitrogens with zero attached hydrogens (tertiary/aromatic N) is 2. The minimum atomic E-state index is -4.20. The van der Waals surface area contributed by atoms with Crippen molar-refractivity contribution in [2.45, 2.75) is 4.90 Å². The molecule has 12 heteroatoms. The SMILES string of the molecule is COc1ccc(N(CC(=O)N/N=C\c2ccc3c(c2)OCO3)S(=O)(=O)c2ccc(OC)c(OC)c2)cc1. The molecule has 194 valence electrons. The molecule has 1 amide bonds. The third-order valence-electron chi connectivity index (χ3n) is 5.39. The first-order chi connectivity index (χ1) is 17.8. The zero-order valence-corrected chi connectivity index (χ0v) is 21.2. The molecular formula is C25H25N3O8S. The Morgan fingerprint density at radius 1 is 0.946 bits per heavy atom. The van der Waals surface area contributed by atoms with Crippen LogP contribution in [0.15, 0.2) is 70.7 Å². The van der Waals surface area contributed by atoms with Crippen LogP contribution in [0.3, 0.4) is 0 Å². The number of rotatable bonds is 10. The van der Waals surface area contributed by atoms with Crippen molar-refractivity contribution in [1.29, 1.82) is 0 Å². The number of methoxy groups -OCH3 is 3. The average molecular weight is 528 g/mol. The number of ether oxygens (including phenoxy) is 5. The van der Waals surface area contributed by atoms with Crippen LogP contribution in [0.2, 0.25) is 0 Å². The summed E-state index contributed by atoms with van der Waals surface area (Å²) in [5.41, 5.74) is 3.29. The molecular weight excluding hydrogens is 502 g/mol. The lowest BCUT2D eigenvalue weighted by atomic mass is 10.2. The Balaban J connectivity index is 1.58. The maximum atomic E-state index is 13.6. The van der Waals surface area contributed by atoms with Gasteiger partial charge < -0.3 is 23.7 Å². The zero-order chi connectivity index (χ0) is 26.4. The fourth-order valence-electron chi connectivity index (χ4n) is 3.51. The number of carbonyl (C=O) groups excluding carboxylic acids is 1. The number of amides is 1. The van der Waals surface area contributed by atoms with E-state index in [0.29, 0.717) is 28.6 Å². The average Bonchev–Trinajstić information content (AvgIpc) is 3.39. The lowest BCUT2D eigenvalue weighted by molar-refractivity contribution is -0.119. The number of hydrazone groups is 1. The molecule has 0 unspecified atom stereocenters. The molecule has 0 saturated heterocycles. The first-order valence-corrected chi connectivity index (χ1v) is 12.4. The van der Waals surface area contributed by atoms with Gasteiger partial charge in [0.2, 0.25) is 6.79 Å². The van der Waals surface area contributed by atoms with Gasteiger partial charge >= 0.3 is 0 Å². The predicted molar refractivity (Wildman–Crippen MR) is 135 cm³/mol. The van der Waals surface area contributed by atoms with Gasteiger partial charge in [-0.3, -0.25) is 9.10 Å². The van der Waals surface area contributed by atoms with E-state index in [4.69, 9.17) is 23.7 Å². The van der Waals surface area contributed by atoms with Crippen molar-refractivity contribution in [3.63, 3.8) is 0 Å². The van der Waals surface area contributed by atoms with Crippen LogP contribution < -0.4 is 33.4 Å². The number of fused-ring (bicyclic) bond motifs is 1. The molecule has 3 aromatic rings. The van der Waals surface area contributed by atoms with E-state index < -0.39 is 22.5 Å².